The van der Waals surface area contributed by atoms with Gasteiger partial charge in [0.05, 0.1) is 6.54 Å². The Balaban J connectivity index is 2.46. The Labute approximate surface area is 124 Å². The van der Waals surface area contributed by atoms with Gasteiger partial charge in [-0.15, -0.1) is 0 Å². The SMILES string of the molecule is CNC(=O)NC(=O)CN(C)[C@H](C)Cc1ccc(Cl)cc1. The van der Waals surface area contributed by atoms with E-state index in [1.807, 2.05) is 43.1 Å². The largest absolute Gasteiger partial charge is 0.341 e. The van der Waals surface area contributed by atoms with Crippen LogP contribution in [0.5, 0.6) is 0 Å². The molecular weight excluding hydrogens is 278 g/mol. The number of carbonyl (C=O) groups excluding carboxylic acids is 2. The van der Waals surface area contributed by atoms with E-state index < -0.39 is 6.03 Å². The average Bonchev–Trinajstić information content (AvgIpc) is 2.40. The number of nitrogens with one attached hydrogen (secondary N) is 2. The summed E-state index contributed by atoms with van der Waals surface area (Å²) in [7, 11) is 3.32. The predicted octanol–water partition coefficient (Wildman–Crippen LogP) is 1.66. The Morgan fingerprint density at radius 3 is 2.45 bits per heavy atom. The number of rotatable bonds is 5. The monoisotopic (exact) mass is 297 g/mol. The van der Waals surface area contributed by atoms with Crippen molar-refractivity contribution in [2.75, 3.05) is 20.6 Å². The molecule has 3 amide bonds. The second-order valence-electron chi connectivity index (χ2n) is 4.72. The molecule has 1 aromatic carbocycles. The third-order valence-corrected chi connectivity index (χ3v) is 3.32. The molecular formula is C14H20ClN3O2. The summed E-state index contributed by atoms with van der Waals surface area (Å²) in [4.78, 5) is 24.5. The second kappa shape index (κ2) is 7.87. The minimum atomic E-state index is -0.492. The third-order valence-electron chi connectivity index (χ3n) is 3.07. The van der Waals surface area contributed by atoms with Crippen LogP contribution in [0, 0.1) is 0 Å². The molecule has 0 radical (unpaired) electrons. The van der Waals surface area contributed by atoms with Crippen LogP contribution < -0.4 is 10.6 Å². The zero-order valence-electron chi connectivity index (χ0n) is 11.9. The van der Waals surface area contributed by atoms with E-state index in [9.17, 15) is 9.59 Å². The molecule has 1 atom stereocenters. The fourth-order valence-electron chi connectivity index (χ4n) is 1.73. The zero-order chi connectivity index (χ0) is 15.1. The van der Waals surface area contributed by atoms with Gasteiger partial charge in [-0.2, -0.15) is 0 Å². The highest BCUT2D eigenvalue weighted by atomic mass is 35.5. The van der Waals surface area contributed by atoms with E-state index in [1.165, 1.54) is 7.05 Å². The van der Waals surface area contributed by atoms with Crippen LogP contribution in [0.4, 0.5) is 4.79 Å². The number of imide groups is 1. The van der Waals surface area contributed by atoms with Gasteiger partial charge >= 0.3 is 6.03 Å². The summed E-state index contributed by atoms with van der Waals surface area (Å²) in [5.74, 6) is -0.324. The Morgan fingerprint density at radius 2 is 1.90 bits per heavy atom. The molecule has 0 bridgehead atoms. The maximum atomic E-state index is 11.6. The maximum absolute atomic E-state index is 11.6. The first kappa shape index (κ1) is 16.5. The van der Waals surface area contributed by atoms with E-state index in [-0.39, 0.29) is 18.5 Å². The van der Waals surface area contributed by atoms with E-state index in [1.54, 1.807) is 0 Å². The molecule has 0 saturated heterocycles. The average molecular weight is 298 g/mol. The van der Waals surface area contributed by atoms with Crippen LogP contribution in [-0.2, 0) is 11.2 Å². The quantitative estimate of drug-likeness (QED) is 0.869. The zero-order valence-corrected chi connectivity index (χ0v) is 12.7. The molecule has 1 rings (SSSR count). The molecule has 0 aliphatic rings. The molecule has 0 heterocycles. The summed E-state index contributed by atoms with van der Waals surface area (Å²) in [6.07, 6.45) is 0.806. The molecule has 0 aromatic heterocycles. The Bertz CT molecular complexity index is 462. The molecule has 20 heavy (non-hydrogen) atoms. The Morgan fingerprint density at radius 1 is 1.30 bits per heavy atom. The summed E-state index contributed by atoms with van der Waals surface area (Å²) < 4.78 is 0. The van der Waals surface area contributed by atoms with Crippen molar-refractivity contribution in [2.45, 2.75) is 19.4 Å². The number of amides is 3. The van der Waals surface area contributed by atoms with Gasteiger partial charge in [0.2, 0.25) is 5.91 Å². The highest BCUT2D eigenvalue weighted by Gasteiger charge is 2.14. The van der Waals surface area contributed by atoms with Crippen molar-refractivity contribution >= 4 is 23.5 Å². The van der Waals surface area contributed by atoms with Crippen molar-refractivity contribution in [2.24, 2.45) is 0 Å². The normalized spacial score (nSPS) is 12.1. The second-order valence-corrected chi connectivity index (χ2v) is 5.16. The predicted molar refractivity (Wildman–Crippen MR) is 79.8 cm³/mol. The highest BCUT2D eigenvalue weighted by molar-refractivity contribution is 6.30. The molecule has 0 fully saturated rings. The van der Waals surface area contributed by atoms with Gasteiger partial charge in [-0.1, -0.05) is 23.7 Å². The molecule has 0 aliphatic carbocycles. The fraction of sp³-hybridized carbons (Fsp3) is 0.429. The molecule has 110 valence electrons. The topological polar surface area (TPSA) is 61.4 Å². The van der Waals surface area contributed by atoms with Gasteiger partial charge in [-0.25, -0.2) is 4.79 Å². The van der Waals surface area contributed by atoms with Crippen LogP contribution in [0.1, 0.15) is 12.5 Å². The Kier molecular flexibility index (Phi) is 6.48. The van der Waals surface area contributed by atoms with Crippen molar-refractivity contribution in [3.8, 4) is 0 Å². The molecule has 0 unspecified atom stereocenters. The molecule has 0 aliphatic heterocycles. The molecule has 0 saturated carbocycles. The number of benzene rings is 1. The Hall–Kier alpha value is -1.59. The number of urea groups is 1. The molecule has 1 aromatic rings. The first-order valence-electron chi connectivity index (χ1n) is 6.38. The van der Waals surface area contributed by atoms with Crippen LogP contribution in [-0.4, -0.2) is 43.5 Å². The van der Waals surface area contributed by atoms with Crippen molar-refractivity contribution in [3.63, 3.8) is 0 Å². The summed E-state index contributed by atoms with van der Waals surface area (Å²) in [5, 5.41) is 5.29. The molecule has 0 spiro atoms. The summed E-state index contributed by atoms with van der Waals surface area (Å²) >= 11 is 5.84. The van der Waals surface area contributed by atoms with Gasteiger partial charge in [0.1, 0.15) is 0 Å². The van der Waals surface area contributed by atoms with E-state index in [0.29, 0.717) is 5.02 Å². The lowest BCUT2D eigenvalue weighted by atomic mass is 10.1. The maximum Gasteiger partial charge on any atom is 0.321 e. The van der Waals surface area contributed by atoms with Crippen molar-refractivity contribution in [1.82, 2.24) is 15.5 Å². The number of nitrogens with zero attached hydrogens (tertiary/aromatic N) is 1. The number of carbonyl (C=O) groups is 2. The lowest BCUT2D eigenvalue weighted by Gasteiger charge is -2.24. The van der Waals surface area contributed by atoms with Crippen LogP contribution >= 0.6 is 11.6 Å². The molecule has 6 heteroatoms. The van der Waals surface area contributed by atoms with Gasteiger partial charge in [0, 0.05) is 18.1 Å². The van der Waals surface area contributed by atoms with Crippen molar-refractivity contribution < 1.29 is 9.59 Å². The summed E-state index contributed by atoms with van der Waals surface area (Å²) in [5.41, 5.74) is 1.15. The first-order valence-corrected chi connectivity index (χ1v) is 6.76. The van der Waals surface area contributed by atoms with Crippen LogP contribution in [0.3, 0.4) is 0 Å². The van der Waals surface area contributed by atoms with E-state index in [2.05, 4.69) is 10.6 Å². The molecule has 5 nitrogen and oxygen atoms in total. The van der Waals surface area contributed by atoms with E-state index >= 15 is 0 Å². The first-order chi connectivity index (χ1) is 9.42. The number of likely N-dealkylation sites (N-methyl/N-ethyl adjacent to an activating group) is 1. The van der Waals surface area contributed by atoms with E-state index in [0.717, 1.165) is 12.0 Å². The standard InChI is InChI=1S/C14H20ClN3O2/c1-10(8-11-4-6-12(15)7-5-11)18(3)9-13(19)17-14(20)16-2/h4-7,10H,8-9H2,1-3H3,(H2,16,17,19,20)/t10-/m1/s1. The van der Waals surface area contributed by atoms with E-state index in [4.69, 9.17) is 11.6 Å². The minimum absolute atomic E-state index is 0.169. The third kappa shape index (κ3) is 5.59. The van der Waals surface area contributed by atoms with Crippen molar-refractivity contribution in [3.05, 3.63) is 34.9 Å². The van der Waals surface area contributed by atoms with Crippen LogP contribution in [0.15, 0.2) is 24.3 Å². The van der Waals surface area contributed by atoms with Gasteiger partial charge in [-0.3, -0.25) is 15.0 Å². The smallest absolute Gasteiger partial charge is 0.321 e. The van der Waals surface area contributed by atoms with Gasteiger partial charge in [-0.05, 0) is 38.1 Å². The molecule has 2 N–H and O–H groups in total. The lowest BCUT2D eigenvalue weighted by molar-refractivity contribution is -0.121. The number of hydrogen-bond acceptors (Lipinski definition) is 3. The lowest BCUT2D eigenvalue weighted by Crippen LogP contribution is -2.44. The fourth-order valence-corrected chi connectivity index (χ4v) is 1.85. The van der Waals surface area contributed by atoms with Gasteiger partial charge in [0.15, 0.2) is 0 Å². The van der Waals surface area contributed by atoms with Gasteiger partial charge < -0.3 is 5.32 Å². The minimum Gasteiger partial charge on any atom is -0.341 e. The van der Waals surface area contributed by atoms with Gasteiger partial charge in [0.25, 0.3) is 0 Å². The number of hydrogen-bond donors (Lipinski definition) is 2. The summed E-state index contributed by atoms with van der Waals surface area (Å²) in [6.45, 7) is 2.20. The number of halogens is 1. The van der Waals surface area contributed by atoms with Crippen LogP contribution in [0.2, 0.25) is 5.02 Å². The van der Waals surface area contributed by atoms with Crippen LogP contribution in [0.25, 0.3) is 0 Å². The highest BCUT2D eigenvalue weighted by Crippen LogP contribution is 2.12. The van der Waals surface area contributed by atoms with Crippen molar-refractivity contribution in [1.29, 1.82) is 0 Å². The summed E-state index contributed by atoms with van der Waals surface area (Å²) in [6, 6.07) is 7.32.